The third-order valence-corrected chi connectivity index (χ3v) is 5.56. The highest BCUT2D eigenvalue weighted by Gasteiger charge is 2.25. The van der Waals surface area contributed by atoms with Crippen molar-refractivity contribution in [3.8, 4) is 0 Å². The van der Waals surface area contributed by atoms with Crippen LogP contribution in [0.15, 0.2) is 24.3 Å². The molecule has 3 rings (SSSR count). The predicted octanol–water partition coefficient (Wildman–Crippen LogP) is 3.28. The maximum absolute atomic E-state index is 12.2. The molecule has 1 aliphatic rings. The highest BCUT2D eigenvalue weighted by Crippen LogP contribution is 2.23. The molecule has 6 heteroatoms. The second-order valence-corrected chi connectivity index (χ2v) is 8.10. The minimum atomic E-state index is -0.342. The van der Waals surface area contributed by atoms with Crippen LogP contribution in [-0.4, -0.2) is 41.5 Å². The summed E-state index contributed by atoms with van der Waals surface area (Å²) in [4.78, 5) is 30.5. The summed E-state index contributed by atoms with van der Waals surface area (Å²) in [5.74, 6) is 0.572. The van der Waals surface area contributed by atoms with Crippen molar-refractivity contribution in [2.75, 3.05) is 19.7 Å². The fourth-order valence-electron chi connectivity index (χ4n) is 3.41. The minimum Gasteiger partial charge on any atom is -0.456 e. The van der Waals surface area contributed by atoms with Crippen molar-refractivity contribution in [1.29, 1.82) is 0 Å². The van der Waals surface area contributed by atoms with Gasteiger partial charge in [0.1, 0.15) is 0 Å². The van der Waals surface area contributed by atoms with Crippen LogP contribution in [0.5, 0.6) is 0 Å². The molecule has 1 amide bonds. The van der Waals surface area contributed by atoms with Crippen molar-refractivity contribution in [1.82, 2.24) is 9.88 Å². The lowest BCUT2D eigenvalue weighted by Gasteiger charge is -2.34. The van der Waals surface area contributed by atoms with Gasteiger partial charge in [0.25, 0.3) is 5.91 Å². The molecular weight excluding hydrogens is 336 g/mol. The topological polar surface area (TPSA) is 59.5 Å². The van der Waals surface area contributed by atoms with Crippen molar-refractivity contribution in [2.45, 2.75) is 33.1 Å². The summed E-state index contributed by atoms with van der Waals surface area (Å²) < 4.78 is 6.29. The van der Waals surface area contributed by atoms with Gasteiger partial charge in [-0.3, -0.25) is 9.59 Å². The van der Waals surface area contributed by atoms with Gasteiger partial charge in [0.05, 0.1) is 21.6 Å². The maximum Gasteiger partial charge on any atom is 0.306 e. The summed E-state index contributed by atoms with van der Waals surface area (Å²) in [6.07, 6.45) is 1.94. The fraction of sp³-hybridized carbons (Fsp3) is 0.526. The molecule has 0 unspecified atom stereocenters. The Morgan fingerprint density at radius 1 is 1.24 bits per heavy atom. The molecule has 1 fully saturated rings. The first kappa shape index (κ1) is 17.9. The smallest absolute Gasteiger partial charge is 0.306 e. The number of amides is 1. The van der Waals surface area contributed by atoms with Gasteiger partial charge < -0.3 is 9.64 Å². The first-order chi connectivity index (χ1) is 12.0. The van der Waals surface area contributed by atoms with Crippen LogP contribution in [0.4, 0.5) is 0 Å². The van der Waals surface area contributed by atoms with E-state index in [1.807, 2.05) is 29.2 Å². The van der Waals surface area contributed by atoms with Gasteiger partial charge in [-0.2, -0.15) is 0 Å². The van der Waals surface area contributed by atoms with E-state index < -0.39 is 0 Å². The number of aromatic nitrogens is 1. The molecule has 0 bridgehead atoms. The third-order valence-electron chi connectivity index (χ3n) is 4.46. The summed E-state index contributed by atoms with van der Waals surface area (Å²) in [5.41, 5.74) is 0.958. The lowest BCUT2D eigenvalue weighted by molar-refractivity contribution is -0.153. The van der Waals surface area contributed by atoms with Gasteiger partial charge in [-0.15, -0.1) is 11.3 Å². The number of hydrogen-bond donors (Lipinski definition) is 0. The van der Waals surface area contributed by atoms with Gasteiger partial charge in [-0.25, -0.2) is 4.98 Å². The summed E-state index contributed by atoms with van der Waals surface area (Å²) >= 11 is 1.59. The standard InChI is InChI=1S/C19H24N2O3S/c1-13-9-14(2)11-21(10-13)18(22)12-24-19(23)8-7-17-20-15-5-3-4-6-16(15)25-17/h3-6,13-14H,7-12H2,1-2H3/t13-,14-/m0/s1. The number of carbonyl (C=O) groups is 2. The van der Waals surface area contributed by atoms with Crippen molar-refractivity contribution >= 4 is 33.4 Å². The molecule has 0 aliphatic carbocycles. The number of likely N-dealkylation sites (tertiary alicyclic amines) is 1. The molecule has 1 aromatic carbocycles. The number of ether oxygens (including phenoxy) is 1. The minimum absolute atomic E-state index is 0.0910. The molecular formula is C19H24N2O3S. The van der Waals surface area contributed by atoms with Crippen molar-refractivity contribution < 1.29 is 14.3 Å². The van der Waals surface area contributed by atoms with Crippen LogP contribution in [0.1, 0.15) is 31.7 Å². The molecule has 0 spiro atoms. The normalized spacial score (nSPS) is 20.6. The van der Waals surface area contributed by atoms with E-state index in [0.717, 1.165) is 34.7 Å². The zero-order chi connectivity index (χ0) is 17.8. The molecule has 0 radical (unpaired) electrons. The largest absolute Gasteiger partial charge is 0.456 e. The SMILES string of the molecule is C[C@H]1C[C@H](C)CN(C(=O)COC(=O)CCc2nc3ccccc3s2)C1. The lowest BCUT2D eigenvalue weighted by Crippen LogP contribution is -2.44. The molecule has 25 heavy (non-hydrogen) atoms. The van der Waals surface area contributed by atoms with Gasteiger partial charge in [-0.05, 0) is 30.4 Å². The van der Waals surface area contributed by atoms with Crippen molar-refractivity contribution in [2.24, 2.45) is 11.8 Å². The van der Waals surface area contributed by atoms with Crippen LogP contribution >= 0.6 is 11.3 Å². The highest BCUT2D eigenvalue weighted by atomic mass is 32.1. The average Bonchev–Trinajstić information content (AvgIpc) is 3.00. The number of fused-ring (bicyclic) bond motifs is 1. The number of rotatable bonds is 5. The number of aryl methyl sites for hydroxylation is 1. The molecule has 0 saturated carbocycles. The number of hydrogen-bond acceptors (Lipinski definition) is 5. The summed E-state index contributed by atoms with van der Waals surface area (Å²) in [7, 11) is 0. The highest BCUT2D eigenvalue weighted by molar-refractivity contribution is 7.18. The van der Waals surface area contributed by atoms with Gasteiger partial charge in [0, 0.05) is 19.5 Å². The van der Waals surface area contributed by atoms with Crippen LogP contribution in [0.2, 0.25) is 0 Å². The number of thiazole rings is 1. The van der Waals surface area contributed by atoms with Gasteiger partial charge in [0.2, 0.25) is 0 Å². The molecule has 5 nitrogen and oxygen atoms in total. The monoisotopic (exact) mass is 360 g/mol. The van der Waals surface area contributed by atoms with E-state index >= 15 is 0 Å². The maximum atomic E-state index is 12.2. The van der Waals surface area contributed by atoms with E-state index in [1.165, 1.54) is 0 Å². The van der Waals surface area contributed by atoms with Gasteiger partial charge in [0.15, 0.2) is 6.61 Å². The molecule has 134 valence electrons. The molecule has 1 aromatic heterocycles. The second kappa shape index (κ2) is 7.95. The fourth-order valence-corrected chi connectivity index (χ4v) is 4.37. The number of benzene rings is 1. The number of carbonyl (C=O) groups excluding carboxylic acids is 2. The van der Waals surface area contributed by atoms with Crippen LogP contribution in [0, 0.1) is 11.8 Å². The van der Waals surface area contributed by atoms with Crippen molar-refractivity contribution in [3.63, 3.8) is 0 Å². The number of piperidine rings is 1. The quantitative estimate of drug-likeness (QED) is 0.768. The molecule has 2 atom stereocenters. The summed E-state index contributed by atoms with van der Waals surface area (Å²) in [5, 5.41) is 0.920. The first-order valence-electron chi connectivity index (χ1n) is 8.79. The van der Waals surface area contributed by atoms with Gasteiger partial charge >= 0.3 is 5.97 Å². The third kappa shape index (κ3) is 4.78. The molecule has 2 aromatic rings. The van der Waals surface area contributed by atoms with E-state index in [4.69, 9.17) is 4.74 Å². The number of esters is 1. The molecule has 1 saturated heterocycles. The van der Waals surface area contributed by atoms with Crippen LogP contribution < -0.4 is 0 Å². The number of nitrogens with zero attached hydrogens (tertiary/aromatic N) is 2. The Balaban J connectivity index is 1.44. The van der Waals surface area contributed by atoms with Crippen LogP contribution in [0.3, 0.4) is 0 Å². The van der Waals surface area contributed by atoms with E-state index in [-0.39, 0.29) is 24.9 Å². The van der Waals surface area contributed by atoms with Crippen LogP contribution in [-0.2, 0) is 20.7 Å². The second-order valence-electron chi connectivity index (χ2n) is 6.98. The Morgan fingerprint density at radius 2 is 1.96 bits per heavy atom. The van der Waals surface area contributed by atoms with Crippen LogP contribution in [0.25, 0.3) is 10.2 Å². The average molecular weight is 360 g/mol. The predicted molar refractivity (Wildman–Crippen MR) is 98.4 cm³/mol. The van der Waals surface area contributed by atoms with E-state index in [9.17, 15) is 9.59 Å². The Bertz CT molecular complexity index is 715. The zero-order valence-electron chi connectivity index (χ0n) is 14.7. The lowest BCUT2D eigenvalue weighted by atomic mass is 9.92. The molecule has 1 aliphatic heterocycles. The zero-order valence-corrected chi connectivity index (χ0v) is 15.6. The molecule has 0 N–H and O–H groups in total. The van der Waals surface area contributed by atoms with E-state index in [2.05, 4.69) is 18.8 Å². The number of para-hydroxylation sites is 1. The van der Waals surface area contributed by atoms with E-state index in [1.54, 1.807) is 11.3 Å². The Labute approximate surface area is 152 Å². The molecule has 2 heterocycles. The van der Waals surface area contributed by atoms with Crippen molar-refractivity contribution in [3.05, 3.63) is 29.3 Å². The first-order valence-corrected chi connectivity index (χ1v) is 9.60. The van der Waals surface area contributed by atoms with Gasteiger partial charge in [-0.1, -0.05) is 26.0 Å². The summed E-state index contributed by atoms with van der Waals surface area (Å²) in [6, 6.07) is 7.92. The Morgan fingerprint density at radius 3 is 2.68 bits per heavy atom. The Kier molecular flexibility index (Phi) is 5.68. The van der Waals surface area contributed by atoms with E-state index in [0.29, 0.717) is 18.3 Å². The summed E-state index contributed by atoms with van der Waals surface area (Å²) in [6.45, 7) is 5.66. The Hall–Kier alpha value is -1.95.